The second-order valence-electron chi connectivity index (χ2n) is 4.33. The molecule has 0 atom stereocenters. The van der Waals surface area contributed by atoms with Crippen LogP contribution in [0.15, 0.2) is 57.5 Å². The minimum Gasteiger partial charge on any atom is -0.440 e. The van der Waals surface area contributed by atoms with Crippen LogP contribution >= 0.6 is 11.8 Å². The predicted octanol–water partition coefficient (Wildman–Crippen LogP) is 3.48. The van der Waals surface area contributed by atoms with Crippen LogP contribution < -0.4 is 5.32 Å². The quantitative estimate of drug-likeness (QED) is 0.777. The molecule has 20 heavy (non-hydrogen) atoms. The number of rotatable bonds is 5. The maximum Gasteiger partial charge on any atom is 0.261 e. The van der Waals surface area contributed by atoms with Gasteiger partial charge in [0.15, 0.2) is 0 Å². The Morgan fingerprint density at radius 3 is 3.00 bits per heavy atom. The summed E-state index contributed by atoms with van der Waals surface area (Å²) in [6, 6.07) is 10.3. The lowest BCUT2D eigenvalue weighted by Crippen LogP contribution is -2.13. The van der Waals surface area contributed by atoms with Crippen LogP contribution in [-0.4, -0.2) is 16.5 Å². The van der Waals surface area contributed by atoms with Gasteiger partial charge >= 0.3 is 0 Å². The lowest BCUT2D eigenvalue weighted by atomic mass is 10.1. The van der Waals surface area contributed by atoms with Gasteiger partial charge in [0.25, 0.3) is 5.22 Å². The smallest absolute Gasteiger partial charge is 0.261 e. The van der Waals surface area contributed by atoms with E-state index in [1.807, 2.05) is 18.2 Å². The Labute approximate surface area is 121 Å². The first-order chi connectivity index (χ1) is 9.86. The molecule has 5 heteroatoms. The molecule has 4 nitrogen and oxygen atoms in total. The van der Waals surface area contributed by atoms with Gasteiger partial charge in [0, 0.05) is 11.9 Å². The van der Waals surface area contributed by atoms with Crippen molar-refractivity contribution in [3.63, 3.8) is 0 Å². The molecule has 0 fully saturated rings. The van der Waals surface area contributed by atoms with Gasteiger partial charge in [0.1, 0.15) is 11.3 Å². The topological polar surface area (TPSA) is 51.0 Å². The minimum atomic E-state index is 0.616. The fourth-order valence-corrected chi connectivity index (χ4v) is 2.75. The minimum absolute atomic E-state index is 0.616. The number of fused-ring (bicyclic) bond motifs is 1. The van der Waals surface area contributed by atoms with E-state index < -0.39 is 0 Å². The molecule has 1 aromatic carbocycles. The molecule has 0 aliphatic carbocycles. The number of nitrogens with zero attached hydrogens (tertiary/aromatic N) is 2. The van der Waals surface area contributed by atoms with E-state index in [0.29, 0.717) is 5.22 Å². The number of hydrogen-bond donors (Lipinski definition) is 1. The Kier molecular flexibility index (Phi) is 3.99. The van der Waals surface area contributed by atoms with E-state index in [4.69, 9.17) is 9.40 Å². The Bertz CT molecular complexity index is 697. The van der Waals surface area contributed by atoms with E-state index in [2.05, 4.69) is 29.4 Å². The van der Waals surface area contributed by atoms with Gasteiger partial charge in [-0.05, 0) is 36.0 Å². The van der Waals surface area contributed by atoms with E-state index in [-0.39, 0.29) is 0 Å². The summed E-state index contributed by atoms with van der Waals surface area (Å²) in [7, 11) is 0. The molecule has 0 amide bonds. The van der Waals surface area contributed by atoms with Gasteiger partial charge in [0.2, 0.25) is 0 Å². The molecule has 0 spiro atoms. The van der Waals surface area contributed by atoms with Gasteiger partial charge in [-0.15, -0.1) is 0 Å². The molecule has 1 N–H and O–H groups in total. The summed E-state index contributed by atoms with van der Waals surface area (Å²) in [6.07, 6.45) is 3.22. The van der Waals surface area contributed by atoms with E-state index in [9.17, 15) is 0 Å². The van der Waals surface area contributed by atoms with Gasteiger partial charge in [-0.3, -0.25) is 0 Å². The third kappa shape index (κ3) is 2.84. The first kappa shape index (κ1) is 13.1. The van der Waals surface area contributed by atoms with Crippen molar-refractivity contribution in [2.24, 2.45) is 0 Å². The first-order valence-corrected chi connectivity index (χ1v) is 7.35. The Balaban J connectivity index is 2.01. The highest BCUT2D eigenvalue weighted by Gasteiger charge is 2.10. The van der Waals surface area contributed by atoms with Crippen molar-refractivity contribution in [1.82, 2.24) is 15.3 Å². The molecule has 102 valence electrons. The molecule has 0 bridgehead atoms. The zero-order valence-corrected chi connectivity index (χ0v) is 12.0. The lowest BCUT2D eigenvalue weighted by Gasteiger charge is -2.09. The third-order valence-corrected chi connectivity index (χ3v) is 3.85. The van der Waals surface area contributed by atoms with Crippen LogP contribution in [0.25, 0.3) is 10.9 Å². The van der Waals surface area contributed by atoms with Crippen molar-refractivity contribution >= 4 is 22.7 Å². The summed E-state index contributed by atoms with van der Waals surface area (Å²) < 4.78 is 5.30. The monoisotopic (exact) mass is 285 g/mol. The summed E-state index contributed by atoms with van der Waals surface area (Å²) in [5, 5.41) is 6.05. The summed E-state index contributed by atoms with van der Waals surface area (Å²) in [6.45, 7) is 3.81. The standard InChI is InChI=1S/C15H15N3OS/c1-2-16-10-12-9-11-5-3-4-6-13(11)18-14(12)20-15-17-7-8-19-15/h3-9,16H,2,10H2,1H3. The van der Waals surface area contributed by atoms with Gasteiger partial charge in [-0.2, -0.15) is 0 Å². The number of pyridine rings is 1. The summed E-state index contributed by atoms with van der Waals surface area (Å²) in [5.41, 5.74) is 2.15. The molecule has 0 radical (unpaired) electrons. The molecular weight excluding hydrogens is 270 g/mol. The molecule has 0 unspecified atom stereocenters. The van der Waals surface area contributed by atoms with Crippen LogP contribution in [0.3, 0.4) is 0 Å². The molecule has 2 heterocycles. The molecule has 0 aliphatic rings. The molecular formula is C15H15N3OS. The molecule has 3 rings (SSSR count). The van der Waals surface area contributed by atoms with Crippen LogP contribution in [0.4, 0.5) is 0 Å². The summed E-state index contributed by atoms with van der Waals surface area (Å²) >= 11 is 1.46. The highest BCUT2D eigenvalue weighted by molar-refractivity contribution is 7.99. The number of aromatic nitrogens is 2. The summed E-state index contributed by atoms with van der Waals surface area (Å²) in [4.78, 5) is 8.87. The van der Waals surface area contributed by atoms with Crippen LogP contribution in [0.2, 0.25) is 0 Å². The number of benzene rings is 1. The van der Waals surface area contributed by atoms with Crippen molar-refractivity contribution in [2.75, 3.05) is 6.54 Å². The molecule has 2 aromatic heterocycles. The molecule has 0 saturated heterocycles. The van der Waals surface area contributed by atoms with Crippen LogP contribution in [0.5, 0.6) is 0 Å². The lowest BCUT2D eigenvalue weighted by molar-refractivity contribution is 0.454. The van der Waals surface area contributed by atoms with E-state index >= 15 is 0 Å². The zero-order valence-electron chi connectivity index (χ0n) is 11.2. The predicted molar refractivity (Wildman–Crippen MR) is 79.7 cm³/mol. The maximum absolute atomic E-state index is 5.30. The largest absolute Gasteiger partial charge is 0.440 e. The second kappa shape index (κ2) is 6.07. The first-order valence-electron chi connectivity index (χ1n) is 6.53. The fraction of sp³-hybridized carbons (Fsp3) is 0.200. The highest BCUT2D eigenvalue weighted by atomic mass is 32.2. The van der Waals surface area contributed by atoms with Crippen molar-refractivity contribution in [2.45, 2.75) is 23.7 Å². The second-order valence-corrected chi connectivity index (χ2v) is 5.27. The zero-order chi connectivity index (χ0) is 13.8. The van der Waals surface area contributed by atoms with Gasteiger partial charge < -0.3 is 9.73 Å². The van der Waals surface area contributed by atoms with Crippen LogP contribution in [-0.2, 0) is 6.54 Å². The number of para-hydroxylation sites is 1. The fourth-order valence-electron chi connectivity index (χ4n) is 1.96. The average molecular weight is 285 g/mol. The Morgan fingerprint density at radius 1 is 1.30 bits per heavy atom. The third-order valence-electron chi connectivity index (χ3n) is 2.92. The van der Waals surface area contributed by atoms with E-state index in [1.165, 1.54) is 11.8 Å². The van der Waals surface area contributed by atoms with E-state index in [0.717, 1.165) is 34.6 Å². The Morgan fingerprint density at radius 2 is 2.20 bits per heavy atom. The molecule has 0 aliphatic heterocycles. The highest BCUT2D eigenvalue weighted by Crippen LogP contribution is 2.30. The van der Waals surface area contributed by atoms with Gasteiger partial charge in [-0.25, -0.2) is 9.97 Å². The summed E-state index contributed by atoms with van der Waals surface area (Å²) in [5.74, 6) is 0. The SMILES string of the molecule is CCNCc1cc2ccccc2nc1Sc1ncco1. The number of hydrogen-bond acceptors (Lipinski definition) is 5. The molecule has 0 saturated carbocycles. The molecule has 3 aromatic rings. The van der Waals surface area contributed by atoms with Crippen molar-refractivity contribution < 1.29 is 4.42 Å². The maximum atomic E-state index is 5.30. The van der Waals surface area contributed by atoms with Crippen LogP contribution in [0, 0.1) is 0 Å². The van der Waals surface area contributed by atoms with Crippen molar-refractivity contribution in [3.8, 4) is 0 Å². The van der Waals surface area contributed by atoms with Crippen molar-refractivity contribution in [3.05, 3.63) is 48.4 Å². The average Bonchev–Trinajstić information content (AvgIpc) is 2.98. The Hall–Kier alpha value is -1.85. The van der Waals surface area contributed by atoms with Gasteiger partial charge in [0.05, 0.1) is 11.7 Å². The number of nitrogens with one attached hydrogen (secondary N) is 1. The van der Waals surface area contributed by atoms with Crippen molar-refractivity contribution in [1.29, 1.82) is 0 Å². The number of oxazole rings is 1. The normalized spacial score (nSPS) is 11.1. The van der Waals surface area contributed by atoms with Crippen LogP contribution in [0.1, 0.15) is 12.5 Å². The van der Waals surface area contributed by atoms with E-state index in [1.54, 1.807) is 12.5 Å². The van der Waals surface area contributed by atoms with Gasteiger partial charge in [-0.1, -0.05) is 25.1 Å².